The van der Waals surface area contributed by atoms with Gasteiger partial charge in [-0.3, -0.25) is 9.59 Å². The maximum Gasteiger partial charge on any atom is 0.245 e. The average molecular weight is 437 g/mol. The van der Waals surface area contributed by atoms with Crippen molar-refractivity contribution < 1.29 is 38.4 Å². The number of benzene rings is 1. The topological polar surface area (TPSA) is 101 Å². The van der Waals surface area contributed by atoms with Gasteiger partial charge >= 0.3 is 0 Å². The monoisotopic (exact) mass is 436 g/mol. The fourth-order valence-electron chi connectivity index (χ4n) is 4.43. The molecule has 0 fully saturated rings. The molecular weight excluding hydrogens is 408 g/mol. The number of hydrogen-bond acceptors (Lipinski definition) is 8. The fourth-order valence-corrected chi connectivity index (χ4v) is 6.48. The average Bonchev–Trinajstić information content (AvgIpc) is 2.67. The minimum Gasteiger partial charge on any atom is -0.504 e. The molecule has 1 aromatic rings. The molecule has 164 valence electrons. The van der Waals surface area contributed by atoms with Crippen LogP contribution in [0.3, 0.4) is 0 Å². The van der Waals surface area contributed by atoms with Crippen molar-refractivity contribution >= 4 is 19.6 Å². The van der Waals surface area contributed by atoms with E-state index >= 15 is 0 Å². The highest BCUT2D eigenvalue weighted by molar-refractivity contribution is 6.76. The number of fused-ring (bicyclic) bond motifs is 2. The van der Waals surface area contributed by atoms with Crippen LogP contribution >= 0.6 is 0 Å². The first kappa shape index (κ1) is 22.0. The summed E-state index contributed by atoms with van der Waals surface area (Å²) in [6, 6.07) is 1.87. The van der Waals surface area contributed by atoms with Gasteiger partial charge in [0.25, 0.3) is 0 Å². The van der Waals surface area contributed by atoms with Gasteiger partial charge in [-0.25, -0.2) is 0 Å². The molecule has 8 nitrogen and oxygen atoms in total. The van der Waals surface area contributed by atoms with Crippen molar-refractivity contribution in [2.45, 2.75) is 37.7 Å². The highest BCUT2D eigenvalue weighted by Gasteiger charge is 2.62. The van der Waals surface area contributed by atoms with E-state index in [2.05, 4.69) is 19.6 Å². The van der Waals surface area contributed by atoms with Crippen LogP contribution in [0.1, 0.15) is 5.56 Å². The molecule has 3 rings (SSSR count). The second-order valence-corrected chi connectivity index (χ2v) is 14.2. The van der Waals surface area contributed by atoms with Gasteiger partial charge in [-0.2, -0.15) is 0 Å². The van der Waals surface area contributed by atoms with Crippen LogP contribution in [0.4, 0.5) is 0 Å². The molecule has 0 spiro atoms. The molecule has 1 aliphatic heterocycles. The van der Waals surface area contributed by atoms with Crippen molar-refractivity contribution in [3.8, 4) is 23.0 Å². The Morgan fingerprint density at radius 1 is 1.03 bits per heavy atom. The lowest BCUT2D eigenvalue weighted by molar-refractivity contribution is -0.150. The first-order chi connectivity index (χ1) is 14.0. The van der Waals surface area contributed by atoms with E-state index in [0.717, 1.165) is 0 Å². The number of ketones is 2. The molecule has 1 aromatic carbocycles. The summed E-state index contributed by atoms with van der Waals surface area (Å²) in [5, 5.41) is 10.4. The van der Waals surface area contributed by atoms with Crippen LogP contribution in [0, 0.1) is 5.92 Å². The predicted octanol–water partition coefficient (Wildman–Crippen LogP) is 2.69. The summed E-state index contributed by atoms with van der Waals surface area (Å²) < 4.78 is 27.7. The lowest BCUT2D eigenvalue weighted by Crippen LogP contribution is -2.62. The number of aromatic hydroxyl groups is 1. The van der Waals surface area contributed by atoms with Gasteiger partial charge in [-0.05, 0) is 18.5 Å². The number of methoxy groups -OCH3 is 4. The molecule has 0 aromatic heterocycles. The number of hydrogen-bond donors (Lipinski definition) is 1. The van der Waals surface area contributed by atoms with Gasteiger partial charge in [0.15, 0.2) is 17.1 Å². The maximum absolute atomic E-state index is 13.7. The summed E-state index contributed by atoms with van der Waals surface area (Å²) in [5.41, 5.74) is -0.893. The molecule has 0 saturated carbocycles. The minimum absolute atomic E-state index is 0.101. The molecule has 2 atom stereocenters. The summed E-state index contributed by atoms with van der Waals surface area (Å²) in [7, 11) is 3.57. The Morgan fingerprint density at radius 2 is 1.63 bits per heavy atom. The van der Waals surface area contributed by atoms with E-state index in [4.69, 9.17) is 23.7 Å². The molecule has 2 aliphatic rings. The molecule has 30 heavy (non-hydrogen) atoms. The summed E-state index contributed by atoms with van der Waals surface area (Å²) in [6.45, 7) is 6.31. The second-order valence-electron chi connectivity index (χ2n) is 8.70. The van der Waals surface area contributed by atoms with E-state index in [-0.39, 0.29) is 41.0 Å². The first-order valence-corrected chi connectivity index (χ1v) is 13.3. The van der Waals surface area contributed by atoms with Gasteiger partial charge in [-0.1, -0.05) is 19.6 Å². The van der Waals surface area contributed by atoms with Crippen LogP contribution in [0.15, 0.2) is 17.6 Å². The van der Waals surface area contributed by atoms with Crippen molar-refractivity contribution in [2.75, 3.05) is 28.4 Å². The lowest BCUT2D eigenvalue weighted by atomic mass is 9.71. The number of rotatable bonds is 6. The number of phenols is 1. The summed E-state index contributed by atoms with van der Waals surface area (Å²) in [4.78, 5) is 27.1. The first-order valence-electron chi connectivity index (χ1n) is 9.61. The van der Waals surface area contributed by atoms with E-state index in [0.29, 0.717) is 17.4 Å². The zero-order valence-electron chi connectivity index (χ0n) is 18.4. The van der Waals surface area contributed by atoms with Gasteiger partial charge in [-0.15, -0.1) is 0 Å². The summed E-state index contributed by atoms with van der Waals surface area (Å²) in [5.74, 6) is -1.38. The predicted molar refractivity (Wildman–Crippen MR) is 111 cm³/mol. The zero-order valence-corrected chi connectivity index (χ0v) is 19.4. The third kappa shape index (κ3) is 3.21. The molecule has 0 saturated heterocycles. The lowest BCUT2D eigenvalue weighted by Gasteiger charge is -2.47. The van der Waals surface area contributed by atoms with Crippen molar-refractivity contribution in [3.63, 3.8) is 0 Å². The van der Waals surface area contributed by atoms with Crippen molar-refractivity contribution in [3.05, 3.63) is 23.1 Å². The smallest absolute Gasteiger partial charge is 0.245 e. The number of phenolic OH excluding ortho intramolecular Hbond substituents is 1. The van der Waals surface area contributed by atoms with Gasteiger partial charge < -0.3 is 28.8 Å². The van der Waals surface area contributed by atoms with Gasteiger partial charge in [0, 0.05) is 13.6 Å². The zero-order chi connectivity index (χ0) is 22.4. The van der Waals surface area contributed by atoms with E-state index < -0.39 is 25.4 Å². The Morgan fingerprint density at radius 3 is 2.13 bits per heavy atom. The molecule has 1 heterocycles. The van der Waals surface area contributed by atoms with E-state index in [9.17, 15) is 14.7 Å². The van der Waals surface area contributed by atoms with Crippen LogP contribution in [-0.2, 0) is 25.5 Å². The standard InChI is InChI=1S/C21H28O8Si/c1-25-16-13(22)9-11-8-12-14(23)17(26-2)19(28-4)20(24)21(12,10-30(5,6)7)29-15(11)18(16)27-3/h9,12,22H,8,10H2,1-7H3. The molecular formula is C21H28O8Si. The molecule has 0 radical (unpaired) electrons. The van der Waals surface area contributed by atoms with Crippen LogP contribution < -0.4 is 14.2 Å². The van der Waals surface area contributed by atoms with Crippen molar-refractivity contribution in [2.24, 2.45) is 5.92 Å². The Hall–Kier alpha value is -2.68. The molecule has 1 N–H and O–H groups in total. The number of ether oxygens (including phenoxy) is 5. The van der Waals surface area contributed by atoms with Crippen molar-refractivity contribution in [1.82, 2.24) is 0 Å². The SMILES string of the molecule is COC1=C(OC)C(=O)C2(C[Si](C)(C)C)Oc3c(cc(O)c(OC)c3OC)CC2C1=O. The number of Topliss-reactive ketones (excluding diaryl/α,β-unsaturated/α-hetero) is 2. The second kappa shape index (κ2) is 7.53. The molecule has 9 heteroatoms. The normalized spacial score (nSPS) is 23.4. The molecule has 0 amide bonds. The third-order valence-corrected chi connectivity index (χ3v) is 7.05. The third-order valence-electron chi connectivity index (χ3n) is 5.47. The molecule has 2 unspecified atom stereocenters. The number of allylic oxidation sites excluding steroid dienone is 1. The van der Waals surface area contributed by atoms with Crippen LogP contribution in [0.5, 0.6) is 23.0 Å². The minimum atomic E-state index is -1.93. The van der Waals surface area contributed by atoms with Crippen LogP contribution in [-0.4, -0.2) is 58.8 Å². The highest BCUT2D eigenvalue weighted by atomic mass is 28.3. The van der Waals surface area contributed by atoms with Crippen LogP contribution in [0.2, 0.25) is 25.7 Å². The molecule has 1 aliphatic carbocycles. The Bertz CT molecular complexity index is 930. The van der Waals surface area contributed by atoms with Crippen molar-refractivity contribution in [1.29, 1.82) is 0 Å². The number of carbonyl (C=O) groups is 2. The van der Waals surface area contributed by atoms with Crippen LogP contribution in [0.25, 0.3) is 0 Å². The fraction of sp³-hybridized carbons (Fsp3) is 0.524. The van der Waals surface area contributed by atoms with Gasteiger partial charge in [0.2, 0.25) is 34.6 Å². The summed E-state index contributed by atoms with van der Waals surface area (Å²) in [6.07, 6.45) is 0.183. The summed E-state index contributed by atoms with van der Waals surface area (Å²) >= 11 is 0. The van der Waals surface area contributed by atoms with Gasteiger partial charge in [0.1, 0.15) is 0 Å². The Kier molecular flexibility index (Phi) is 5.53. The Balaban J connectivity index is 2.30. The maximum atomic E-state index is 13.7. The number of carbonyl (C=O) groups excluding carboxylic acids is 2. The van der Waals surface area contributed by atoms with E-state index in [1.54, 1.807) is 0 Å². The molecule has 0 bridgehead atoms. The quantitative estimate of drug-likeness (QED) is 0.680. The van der Waals surface area contributed by atoms with E-state index in [1.165, 1.54) is 34.5 Å². The largest absolute Gasteiger partial charge is 0.504 e. The highest BCUT2D eigenvalue weighted by Crippen LogP contribution is 2.54. The van der Waals surface area contributed by atoms with Gasteiger partial charge in [0.05, 0.1) is 34.4 Å². The Labute approximate surface area is 176 Å². The van der Waals surface area contributed by atoms with E-state index in [1.807, 2.05) is 0 Å².